The Morgan fingerprint density at radius 2 is 1.89 bits per heavy atom. The maximum atomic E-state index is 5.25. The Kier molecular flexibility index (Phi) is 4.86. The summed E-state index contributed by atoms with van der Waals surface area (Å²) in [7, 11) is 3.79. The number of ether oxygens (including phenoxy) is 1. The molecule has 0 saturated carbocycles. The van der Waals surface area contributed by atoms with Crippen LogP contribution in [0.1, 0.15) is 11.1 Å². The highest BCUT2D eigenvalue weighted by Gasteiger charge is 2.11. The monoisotopic (exact) mass is 377 g/mol. The Balaban J connectivity index is 1.75. The van der Waals surface area contributed by atoms with E-state index >= 15 is 0 Å². The summed E-state index contributed by atoms with van der Waals surface area (Å²) in [6.07, 6.45) is 3.06. The Labute approximate surface area is 163 Å². The number of rotatable bonds is 4. The van der Waals surface area contributed by atoms with E-state index in [1.807, 2.05) is 12.1 Å². The Morgan fingerprint density at radius 3 is 2.67 bits per heavy atom. The van der Waals surface area contributed by atoms with Crippen molar-refractivity contribution < 1.29 is 4.74 Å². The third-order valence-corrected chi connectivity index (χ3v) is 5.75. The number of aromatic nitrogens is 3. The van der Waals surface area contributed by atoms with Gasteiger partial charge in [-0.05, 0) is 60.9 Å². The van der Waals surface area contributed by atoms with E-state index in [-0.39, 0.29) is 0 Å². The number of hydrogen-bond donors (Lipinski definition) is 0. The second kappa shape index (κ2) is 7.45. The van der Waals surface area contributed by atoms with Gasteiger partial charge in [0.15, 0.2) is 5.82 Å². The van der Waals surface area contributed by atoms with E-state index in [1.54, 1.807) is 18.6 Å². The molecule has 0 bridgehead atoms. The minimum absolute atomic E-state index is 0.874. The van der Waals surface area contributed by atoms with Gasteiger partial charge in [-0.25, -0.2) is 4.98 Å². The normalized spacial score (nSPS) is 11.1. The van der Waals surface area contributed by atoms with Gasteiger partial charge in [0.05, 0.1) is 23.0 Å². The van der Waals surface area contributed by atoms with Crippen molar-refractivity contribution in [3.8, 4) is 17.3 Å². The van der Waals surface area contributed by atoms with Crippen LogP contribution in [-0.2, 0) is 20.0 Å². The van der Waals surface area contributed by atoms with Gasteiger partial charge in [-0.3, -0.25) is 3.96 Å². The molecule has 2 aliphatic rings. The van der Waals surface area contributed by atoms with Gasteiger partial charge in [0.2, 0.25) is 0 Å². The Morgan fingerprint density at radius 1 is 1.07 bits per heavy atom. The highest BCUT2D eigenvalue weighted by Crippen LogP contribution is 2.25. The molecule has 0 spiro atoms. The van der Waals surface area contributed by atoms with E-state index in [1.165, 1.54) is 15.8 Å². The van der Waals surface area contributed by atoms with E-state index in [0.29, 0.717) is 0 Å². The Bertz CT molecular complexity index is 1090. The van der Waals surface area contributed by atoms with E-state index < -0.39 is 0 Å². The number of hydrogen-bond acceptors (Lipinski definition) is 3. The van der Waals surface area contributed by atoms with Crippen LogP contribution in [0.15, 0.2) is 60.8 Å². The van der Waals surface area contributed by atoms with Gasteiger partial charge >= 0.3 is 0 Å². The molecule has 5 heteroatoms. The number of methoxy groups -OCH3 is 1. The van der Waals surface area contributed by atoms with Crippen molar-refractivity contribution in [1.29, 1.82) is 0 Å². The zero-order chi connectivity index (χ0) is 18.8. The van der Waals surface area contributed by atoms with Crippen molar-refractivity contribution in [1.82, 2.24) is 13.5 Å². The number of fused-ring (bicyclic) bond motifs is 2. The third kappa shape index (κ3) is 3.69. The first kappa shape index (κ1) is 17.6. The second-order valence-electron chi connectivity index (χ2n) is 6.68. The van der Waals surface area contributed by atoms with E-state index in [4.69, 9.17) is 9.72 Å². The summed E-state index contributed by atoms with van der Waals surface area (Å²) in [6, 6.07) is 19.0. The van der Waals surface area contributed by atoms with Crippen molar-refractivity contribution in [3.05, 3.63) is 71.9 Å². The van der Waals surface area contributed by atoms with Crippen LogP contribution in [-0.4, -0.2) is 20.6 Å². The molecule has 2 aliphatic heterocycles. The molecule has 0 aromatic heterocycles. The van der Waals surface area contributed by atoms with E-state index in [9.17, 15) is 0 Å². The maximum absolute atomic E-state index is 5.25. The van der Waals surface area contributed by atoms with Gasteiger partial charge in [-0.1, -0.05) is 29.7 Å². The lowest BCUT2D eigenvalue weighted by molar-refractivity contribution is 0.414. The van der Waals surface area contributed by atoms with Crippen LogP contribution < -0.4 is 4.74 Å². The van der Waals surface area contributed by atoms with Gasteiger partial charge in [-0.15, -0.1) is 0 Å². The molecule has 0 saturated heterocycles. The first-order valence-electron chi connectivity index (χ1n) is 9.03. The van der Waals surface area contributed by atoms with Crippen molar-refractivity contribution in [2.24, 2.45) is 7.05 Å². The quantitative estimate of drug-likeness (QED) is 0.488. The maximum Gasteiger partial charge on any atom is 0.158 e. The topological polar surface area (TPSA) is 32.0 Å². The average molecular weight is 378 g/mol. The minimum atomic E-state index is 0.874. The lowest BCUT2D eigenvalue weighted by Gasteiger charge is -2.14. The van der Waals surface area contributed by atoms with Crippen molar-refractivity contribution >= 4 is 21.7 Å². The molecule has 0 radical (unpaired) electrons. The van der Waals surface area contributed by atoms with E-state index in [0.717, 1.165) is 35.8 Å². The zero-order valence-corrected chi connectivity index (χ0v) is 16.7. The van der Waals surface area contributed by atoms with Gasteiger partial charge in [0, 0.05) is 19.8 Å². The predicted octanol–water partition coefficient (Wildman–Crippen LogP) is 5.23. The average Bonchev–Trinajstić information content (AvgIpc) is 2.83. The fourth-order valence-electron chi connectivity index (χ4n) is 3.22. The molecule has 0 amide bonds. The molecular weight excluding hydrogens is 354 g/mol. The van der Waals surface area contributed by atoms with Crippen molar-refractivity contribution in [2.45, 2.75) is 19.9 Å². The van der Waals surface area contributed by atoms with Crippen LogP contribution in [0, 0.1) is 6.92 Å². The molecule has 138 valence electrons. The molecule has 2 heterocycles. The summed E-state index contributed by atoms with van der Waals surface area (Å²) >= 11 is 1.72. The molecule has 2 aromatic carbocycles. The Hall–Kier alpha value is -2.79. The highest BCUT2D eigenvalue weighted by atomic mass is 32.1. The number of benzene rings is 2. The predicted molar refractivity (Wildman–Crippen MR) is 112 cm³/mol. The highest BCUT2D eigenvalue weighted by molar-refractivity contribution is 7.13. The first-order valence-corrected chi connectivity index (χ1v) is 9.81. The van der Waals surface area contributed by atoms with Crippen molar-refractivity contribution in [3.63, 3.8) is 0 Å². The molecule has 4 nitrogen and oxygen atoms in total. The molecular formula is C22H23N3OS. The molecule has 0 fully saturated rings. The summed E-state index contributed by atoms with van der Waals surface area (Å²) < 4.78 is 10.9. The van der Waals surface area contributed by atoms with E-state index in [2.05, 4.69) is 71.2 Å². The zero-order valence-electron chi connectivity index (χ0n) is 15.8. The SMILES string of the molecule is COc1ccc(CCn2cccc3n(C)sc4ccc(C)cc4nc2-3)cc1. The van der Waals surface area contributed by atoms with Gasteiger partial charge < -0.3 is 9.30 Å². The van der Waals surface area contributed by atoms with Crippen molar-refractivity contribution in [2.75, 3.05) is 7.11 Å². The molecule has 0 N–H and O–H groups in total. The minimum Gasteiger partial charge on any atom is -0.497 e. The van der Waals surface area contributed by atoms with Gasteiger partial charge in [0.25, 0.3) is 0 Å². The first-order chi connectivity index (χ1) is 13.1. The molecule has 4 rings (SSSR count). The summed E-state index contributed by atoms with van der Waals surface area (Å²) in [6.45, 7) is 2.98. The fraction of sp³-hybridized carbons (Fsp3) is 0.227. The number of aryl methyl sites for hydroxylation is 4. The molecule has 0 unspecified atom stereocenters. The summed E-state index contributed by atoms with van der Waals surface area (Å²) in [4.78, 5) is 5.03. The molecule has 27 heavy (non-hydrogen) atoms. The summed E-state index contributed by atoms with van der Waals surface area (Å²) in [5.41, 5.74) is 4.68. The van der Waals surface area contributed by atoms with Crippen LogP contribution >= 0.6 is 11.5 Å². The third-order valence-electron chi connectivity index (χ3n) is 4.74. The van der Waals surface area contributed by atoms with Crippen LogP contribution in [0.3, 0.4) is 0 Å². The van der Waals surface area contributed by atoms with Crippen LogP contribution in [0.2, 0.25) is 0 Å². The molecule has 2 aromatic rings. The lowest BCUT2D eigenvalue weighted by Crippen LogP contribution is -2.09. The summed E-state index contributed by atoms with van der Waals surface area (Å²) in [5.74, 6) is 1.89. The van der Waals surface area contributed by atoms with Crippen LogP contribution in [0.4, 0.5) is 0 Å². The number of pyridine rings is 1. The second-order valence-corrected chi connectivity index (χ2v) is 7.85. The van der Waals surface area contributed by atoms with Gasteiger partial charge in [-0.2, -0.15) is 0 Å². The number of nitrogens with zero attached hydrogens (tertiary/aromatic N) is 3. The van der Waals surface area contributed by atoms with Crippen LogP contribution in [0.5, 0.6) is 5.75 Å². The summed E-state index contributed by atoms with van der Waals surface area (Å²) in [5, 5.41) is 0. The van der Waals surface area contributed by atoms with Gasteiger partial charge in [0.1, 0.15) is 5.75 Å². The smallest absolute Gasteiger partial charge is 0.158 e. The standard InChI is InChI=1S/C22H23N3OS/c1-16-6-11-21-19(15-16)23-22-20(24(2)27-21)5-4-13-25(22)14-12-17-7-9-18(26-3)10-8-17/h4-11,13,15H,12,14H2,1-3H3. The lowest BCUT2D eigenvalue weighted by atomic mass is 10.1. The molecule has 0 aliphatic carbocycles. The molecule has 0 atom stereocenters. The largest absolute Gasteiger partial charge is 0.497 e. The van der Waals surface area contributed by atoms with Crippen LogP contribution in [0.25, 0.3) is 21.7 Å². The fourth-order valence-corrected chi connectivity index (χ4v) is 4.09.